The Labute approximate surface area is 158 Å². The summed E-state index contributed by atoms with van der Waals surface area (Å²) in [7, 11) is 0. The maximum Gasteiger partial charge on any atom is 0.325 e. The highest BCUT2D eigenvalue weighted by Crippen LogP contribution is 2.33. The predicted molar refractivity (Wildman–Crippen MR) is 99.7 cm³/mol. The molecule has 1 heterocycles. The summed E-state index contributed by atoms with van der Waals surface area (Å²) >= 11 is 0. The fraction of sp³-hybridized carbons (Fsp3) is 0.474. The Balaban J connectivity index is 2.15. The smallest absolute Gasteiger partial charge is 0.325 e. The van der Waals surface area contributed by atoms with E-state index in [0.29, 0.717) is 18.4 Å². The molecule has 1 aromatic rings. The highest BCUT2D eigenvalue weighted by atomic mass is 16.2. The lowest BCUT2D eigenvalue weighted by Gasteiger charge is -2.26. The second-order valence-corrected chi connectivity index (χ2v) is 7.60. The fourth-order valence-electron chi connectivity index (χ4n) is 3.06. The van der Waals surface area contributed by atoms with Gasteiger partial charge in [-0.1, -0.05) is 43.7 Å². The van der Waals surface area contributed by atoms with E-state index in [1.807, 2.05) is 13.0 Å². The van der Waals surface area contributed by atoms with Crippen LogP contribution in [-0.2, 0) is 15.1 Å². The summed E-state index contributed by atoms with van der Waals surface area (Å²) in [6.45, 7) is 6.70. The number of hydrogen-bond acceptors (Lipinski definition) is 4. The average Bonchev–Trinajstić information content (AvgIpc) is 2.79. The SMILES string of the molecule is CCCC1(c2ccccc2)NC(=O)N(CC(=O)NC(=O)NC(C)(C)C)C1=O. The molecule has 1 saturated heterocycles. The van der Waals surface area contributed by atoms with Crippen molar-refractivity contribution >= 4 is 23.9 Å². The average molecular weight is 374 g/mol. The third kappa shape index (κ3) is 4.64. The second-order valence-electron chi connectivity index (χ2n) is 7.60. The van der Waals surface area contributed by atoms with Gasteiger partial charge < -0.3 is 10.6 Å². The van der Waals surface area contributed by atoms with Gasteiger partial charge in [-0.15, -0.1) is 0 Å². The van der Waals surface area contributed by atoms with Crippen molar-refractivity contribution in [1.82, 2.24) is 20.9 Å². The number of amides is 6. The van der Waals surface area contributed by atoms with Crippen molar-refractivity contribution in [3.63, 3.8) is 0 Å². The molecule has 0 spiro atoms. The van der Waals surface area contributed by atoms with Crippen molar-refractivity contribution in [3.05, 3.63) is 35.9 Å². The number of rotatable bonds is 5. The fourth-order valence-corrected chi connectivity index (χ4v) is 3.06. The summed E-state index contributed by atoms with van der Waals surface area (Å²) in [4.78, 5) is 50.3. The number of nitrogens with one attached hydrogen (secondary N) is 3. The van der Waals surface area contributed by atoms with E-state index in [-0.39, 0.29) is 0 Å². The molecule has 8 heteroatoms. The molecule has 0 saturated carbocycles. The van der Waals surface area contributed by atoms with Crippen molar-refractivity contribution in [1.29, 1.82) is 0 Å². The third-order valence-corrected chi connectivity index (χ3v) is 4.11. The Kier molecular flexibility index (Phi) is 5.88. The minimum absolute atomic E-state index is 0.407. The maximum absolute atomic E-state index is 13.0. The van der Waals surface area contributed by atoms with Crippen LogP contribution in [0.15, 0.2) is 30.3 Å². The van der Waals surface area contributed by atoms with Crippen molar-refractivity contribution < 1.29 is 19.2 Å². The van der Waals surface area contributed by atoms with E-state index in [4.69, 9.17) is 0 Å². The summed E-state index contributed by atoms with van der Waals surface area (Å²) < 4.78 is 0. The van der Waals surface area contributed by atoms with Crippen LogP contribution in [0.25, 0.3) is 0 Å². The number of hydrogen-bond donors (Lipinski definition) is 3. The lowest BCUT2D eigenvalue weighted by atomic mass is 9.85. The number of carbonyl (C=O) groups is 4. The van der Waals surface area contributed by atoms with Crippen LogP contribution >= 0.6 is 0 Å². The lowest BCUT2D eigenvalue weighted by molar-refractivity contribution is -0.135. The number of nitrogens with zero attached hydrogens (tertiary/aromatic N) is 1. The van der Waals surface area contributed by atoms with E-state index >= 15 is 0 Å². The van der Waals surface area contributed by atoms with E-state index in [0.717, 1.165) is 4.90 Å². The molecule has 1 aliphatic rings. The zero-order valence-electron chi connectivity index (χ0n) is 16.1. The molecule has 1 aromatic carbocycles. The second kappa shape index (κ2) is 7.77. The van der Waals surface area contributed by atoms with Crippen LogP contribution in [0, 0.1) is 0 Å². The molecule has 8 nitrogen and oxygen atoms in total. The van der Waals surface area contributed by atoms with Gasteiger partial charge >= 0.3 is 12.1 Å². The van der Waals surface area contributed by atoms with E-state index in [9.17, 15) is 19.2 Å². The number of imide groups is 2. The van der Waals surface area contributed by atoms with Crippen LogP contribution in [0.3, 0.4) is 0 Å². The monoisotopic (exact) mass is 374 g/mol. The molecule has 0 bridgehead atoms. The summed E-state index contributed by atoms with van der Waals surface area (Å²) in [5.41, 5.74) is -1.05. The highest BCUT2D eigenvalue weighted by molar-refractivity contribution is 6.10. The number of urea groups is 2. The van der Waals surface area contributed by atoms with Gasteiger partial charge in [-0.05, 0) is 32.8 Å². The minimum atomic E-state index is -1.19. The zero-order valence-corrected chi connectivity index (χ0v) is 16.1. The first kappa shape index (κ1) is 20.4. The molecule has 1 fully saturated rings. The third-order valence-electron chi connectivity index (χ3n) is 4.11. The van der Waals surface area contributed by atoms with Crippen LogP contribution in [0.2, 0.25) is 0 Å². The molecule has 27 heavy (non-hydrogen) atoms. The normalized spacial score (nSPS) is 19.6. The predicted octanol–water partition coefficient (Wildman–Crippen LogP) is 1.86. The van der Waals surface area contributed by atoms with Crippen LogP contribution in [0.1, 0.15) is 46.1 Å². The Morgan fingerprint density at radius 2 is 1.78 bits per heavy atom. The summed E-state index contributed by atoms with van der Waals surface area (Å²) in [5.74, 6) is -1.23. The lowest BCUT2D eigenvalue weighted by Crippen LogP contribution is -2.51. The highest BCUT2D eigenvalue weighted by Gasteiger charge is 2.52. The van der Waals surface area contributed by atoms with Crippen LogP contribution in [0.4, 0.5) is 9.59 Å². The molecule has 1 unspecified atom stereocenters. The number of carbonyl (C=O) groups excluding carboxylic acids is 4. The molecule has 2 rings (SSSR count). The van der Waals surface area contributed by atoms with E-state index in [1.165, 1.54) is 0 Å². The Morgan fingerprint density at radius 1 is 1.15 bits per heavy atom. The number of benzene rings is 1. The van der Waals surface area contributed by atoms with E-state index in [2.05, 4.69) is 16.0 Å². The van der Waals surface area contributed by atoms with Gasteiger partial charge in [0.15, 0.2) is 0 Å². The Morgan fingerprint density at radius 3 is 2.33 bits per heavy atom. The molecule has 1 atom stereocenters. The first-order valence-electron chi connectivity index (χ1n) is 8.90. The molecule has 3 N–H and O–H groups in total. The quantitative estimate of drug-likeness (QED) is 0.684. The molecular weight excluding hydrogens is 348 g/mol. The molecular formula is C19H26N4O4. The van der Waals surface area contributed by atoms with Crippen molar-refractivity contribution in [2.75, 3.05) is 6.54 Å². The van der Waals surface area contributed by atoms with Crippen molar-refractivity contribution in [3.8, 4) is 0 Å². The Hall–Kier alpha value is -2.90. The van der Waals surface area contributed by atoms with Crippen molar-refractivity contribution in [2.45, 2.75) is 51.6 Å². The molecule has 1 aliphatic heterocycles. The van der Waals surface area contributed by atoms with Crippen LogP contribution in [0.5, 0.6) is 0 Å². The summed E-state index contributed by atoms with van der Waals surface area (Å²) in [6, 6.07) is 7.62. The van der Waals surface area contributed by atoms with Gasteiger partial charge in [0.1, 0.15) is 12.1 Å². The summed E-state index contributed by atoms with van der Waals surface area (Å²) in [6.07, 6.45) is 1.07. The van der Waals surface area contributed by atoms with E-state index in [1.54, 1.807) is 45.0 Å². The van der Waals surface area contributed by atoms with Gasteiger partial charge in [0.05, 0.1) is 0 Å². The minimum Gasteiger partial charge on any atom is -0.333 e. The molecule has 0 radical (unpaired) electrons. The van der Waals surface area contributed by atoms with Gasteiger partial charge in [-0.3, -0.25) is 19.8 Å². The first-order valence-corrected chi connectivity index (χ1v) is 8.90. The zero-order chi connectivity index (χ0) is 20.2. The largest absolute Gasteiger partial charge is 0.333 e. The Bertz CT molecular complexity index is 742. The topological polar surface area (TPSA) is 108 Å². The van der Waals surface area contributed by atoms with Crippen molar-refractivity contribution in [2.24, 2.45) is 0 Å². The standard InChI is InChI=1S/C19H26N4O4/c1-5-11-19(13-9-7-6-8-10-13)15(25)23(17(27)22-19)12-14(24)20-16(26)21-18(2,3)4/h6-10H,5,11-12H2,1-4H3,(H,22,27)(H2,20,21,24,26). The molecule has 0 aromatic heterocycles. The molecule has 146 valence electrons. The summed E-state index contributed by atoms with van der Waals surface area (Å²) in [5, 5.41) is 7.46. The van der Waals surface area contributed by atoms with Gasteiger partial charge in [0.2, 0.25) is 5.91 Å². The van der Waals surface area contributed by atoms with Gasteiger partial charge in [-0.2, -0.15) is 0 Å². The molecule has 6 amide bonds. The van der Waals surface area contributed by atoms with E-state index < -0.39 is 41.5 Å². The van der Waals surface area contributed by atoms with Crippen LogP contribution in [-0.4, -0.2) is 40.9 Å². The molecule has 0 aliphatic carbocycles. The van der Waals surface area contributed by atoms with Gasteiger partial charge in [0.25, 0.3) is 5.91 Å². The van der Waals surface area contributed by atoms with Gasteiger partial charge in [-0.25, -0.2) is 9.59 Å². The van der Waals surface area contributed by atoms with Gasteiger partial charge in [0, 0.05) is 5.54 Å². The first-order chi connectivity index (χ1) is 12.6. The maximum atomic E-state index is 13.0. The van der Waals surface area contributed by atoms with Crippen LogP contribution < -0.4 is 16.0 Å².